The van der Waals surface area contributed by atoms with E-state index in [9.17, 15) is 35.7 Å². The van der Waals surface area contributed by atoms with Gasteiger partial charge in [-0.25, -0.2) is 0 Å². The van der Waals surface area contributed by atoms with Gasteiger partial charge in [0, 0.05) is 6.61 Å². The van der Waals surface area contributed by atoms with E-state index in [1.54, 1.807) is 0 Å². The molecule has 0 bridgehead atoms. The molecule has 11 heteroatoms. The van der Waals surface area contributed by atoms with Gasteiger partial charge in [-0.3, -0.25) is 0 Å². The van der Waals surface area contributed by atoms with Crippen LogP contribution in [0.25, 0.3) is 0 Å². The fraction of sp³-hybridized carbons (Fsp3) is 1.00. The van der Waals surface area contributed by atoms with Crippen molar-refractivity contribution in [3.63, 3.8) is 0 Å². The molecule has 0 radical (unpaired) electrons. The average Bonchev–Trinajstić information content (AvgIpc) is 2.69. The normalized spacial score (nSPS) is 43.7. The Labute approximate surface area is 169 Å². The van der Waals surface area contributed by atoms with Gasteiger partial charge in [-0.1, -0.05) is 13.8 Å². The molecule has 0 aromatic carbocycles. The van der Waals surface area contributed by atoms with Gasteiger partial charge in [0.25, 0.3) is 0 Å². The van der Waals surface area contributed by atoms with Crippen molar-refractivity contribution in [2.24, 2.45) is 5.92 Å². The second-order valence-corrected chi connectivity index (χ2v) is 7.95. The predicted octanol–water partition coefficient (Wildman–Crippen LogP) is -2.94. The standard InChI is InChI=1S/C18H34O11/c1-8(2)4-3-5-26-17-15(24)14(23)12(21)10(29-17)7-27-18-16(25)13(22)11(20)9(6-19)28-18/h8-25H,3-7H2,1-2H3/t9-,10-,11-,12-,13+,14+,15-,16-,17-,18-/m1/s1. The molecule has 2 heterocycles. The Morgan fingerprint density at radius 1 is 0.724 bits per heavy atom. The van der Waals surface area contributed by atoms with Crippen LogP contribution in [0.4, 0.5) is 0 Å². The first kappa shape index (κ1) is 24.8. The molecule has 2 aliphatic heterocycles. The molecule has 172 valence electrons. The summed E-state index contributed by atoms with van der Waals surface area (Å²) in [6.45, 7) is 3.45. The molecule has 2 aliphatic rings. The Bertz CT molecular complexity index is 477. The molecule has 0 spiro atoms. The Balaban J connectivity index is 1.91. The maximum Gasteiger partial charge on any atom is 0.186 e. The van der Waals surface area contributed by atoms with Crippen molar-refractivity contribution in [1.29, 1.82) is 0 Å². The highest BCUT2D eigenvalue weighted by Gasteiger charge is 2.47. The highest BCUT2D eigenvalue weighted by atomic mass is 16.7. The van der Waals surface area contributed by atoms with Crippen LogP contribution in [-0.2, 0) is 18.9 Å². The third-order valence-electron chi connectivity index (χ3n) is 5.15. The zero-order chi connectivity index (χ0) is 21.7. The molecule has 11 nitrogen and oxygen atoms in total. The third-order valence-corrected chi connectivity index (χ3v) is 5.15. The zero-order valence-electron chi connectivity index (χ0n) is 16.6. The largest absolute Gasteiger partial charge is 0.394 e. The maximum atomic E-state index is 10.2. The number of aliphatic hydroxyl groups excluding tert-OH is 7. The molecule has 0 saturated carbocycles. The van der Waals surface area contributed by atoms with Crippen molar-refractivity contribution >= 4 is 0 Å². The molecule has 0 aliphatic carbocycles. The summed E-state index contributed by atoms with van der Waals surface area (Å²) in [5.41, 5.74) is 0. The maximum absolute atomic E-state index is 10.2. The van der Waals surface area contributed by atoms with Crippen LogP contribution < -0.4 is 0 Å². The lowest BCUT2D eigenvalue weighted by Gasteiger charge is -2.42. The van der Waals surface area contributed by atoms with Crippen LogP contribution in [0.1, 0.15) is 26.7 Å². The molecule has 0 aromatic heterocycles. The quantitative estimate of drug-likeness (QED) is 0.188. The summed E-state index contributed by atoms with van der Waals surface area (Å²) >= 11 is 0. The van der Waals surface area contributed by atoms with Crippen molar-refractivity contribution in [1.82, 2.24) is 0 Å². The van der Waals surface area contributed by atoms with Crippen molar-refractivity contribution in [3.05, 3.63) is 0 Å². The van der Waals surface area contributed by atoms with Crippen LogP contribution in [0, 0.1) is 5.92 Å². The van der Waals surface area contributed by atoms with Crippen LogP contribution >= 0.6 is 0 Å². The van der Waals surface area contributed by atoms with E-state index < -0.39 is 68.0 Å². The molecule has 7 N–H and O–H groups in total. The molecule has 2 rings (SSSR count). The molecule has 0 aromatic rings. The van der Waals surface area contributed by atoms with Gasteiger partial charge in [-0.15, -0.1) is 0 Å². The molecule has 0 amide bonds. The summed E-state index contributed by atoms with van der Waals surface area (Å²) in [5, 5.41) is 69.1. The fourth-order valence-electron chi connectivity index (χ4n) is 3.28. The van der Waals surface area contributed by atoms with Gasteiger partial charge in [-0.2, -0.15) is 0 Å². The first-order chi connectivity index (χ1) is 13.7. The number of rotatable bonds is 9. The minimum atomic E-state index is -1.60. The van der Waals surface area contributed by atoms with Gasteiger partial charge >= 0.3 is 0 Å². The topological polar surface area (TPSA) is 179 Å². The number of hydrogen-bond acceptors (Lipinski definition) is 11. The molecule has 2 saturated heterocycles. The molecule has 29 heavy (non-hydrogen) atoms. The smallest absolute Gasteiger partial charge is 0.186 e. The summed E-state index contributed by atoms with van der Waals surface area (Å²) in [6, 6.07) is 0. The first-order valence-electron chi connectivity index (χ1n) is 9.90. The van der Waals surface area contributed by atoms with E-state index in [1.165, 1.54) is 0 Å². The lowest BCUT2D eigenvalue weighted by atomic mass is 9.98. The molecular weight excluding hydrogens is 392 g/mol. The number of hydrogen-bond donors (Lipinski definition) is 7. The molecular formula is C18H34O11. The van der Waals surface area contributed by atoms with Crippen LogP contribution in [0.15, 0.2) is 0 Å². The fourth-order valence-corrected chi connectivity index (χ4v) is 3.28. The van der Waals surface area contributed by atoms with Crippen molar-refractivity contribution < 1.29 is 54.7 Å². The van der Waals surface area contributed by atoms with Crippen molar-refractivity contribution in [2.45, 2.75) is 88.1 Å². The van der Waals surface area contributed by atoms with E-state index in [2.05, 4.69) is 13.8 Å². The van der Waals surface area contributed by atoms with E-state index in [0.29, 0.717) is 12.5 Å². The minimum absolute atomic E-state index is 0.295. The molecule has 0 unspecified atom stereocenters. The summed E-state index contributed by atoms with van der Waals surface area (Å²) in [7, 11) is 0. The second-order valence-electron chi connectivity index (χ2n) is 7.95. The highest BCUT2D eigenvalue weighted by molar-refractivity contribution is 4.91. The summed E-state index contributed by atoms with van der Waals surface area (Å²) in [5.74, 6) is 0.489. The van der Waals surface area contributed by atoms with E-state index in [1.807, 2.05) is 0 Å². The van der Waals surface area contributed by atoms with E-state index in [4.69, 9.17) is 18.9 Å². The third kappa shape index (κ3) is 6.28. The number of aliphatic hydroxyl groups is 7. The van der Waals surface area contributed by atoms with Gasteiger partial charge in [0.2, 0.25) is 0 Å². The monoisotopic (exact) mass is 426 g/mol. The zero-order valence-corrected chi connectivity index (χ0v) is 16.6. The second kappa shape index (κ2) is 11.3. The summed E-state index contributed by atoms with van der Waals surface area (Å²) < 4.78 is 21.6. The predicted molar refractivity (Wildman–Crippen MR) is 96.4 cm³/mol. The average molecular weight is 426 g/mol. The lowest BCUT2D eigenvalue weighted by molar-refractivity contribution is -0.331. The summed E-state index contributed by atoms with van der Waals surface area (Å²) in [4.78, 5) is 0. The van der Waals surface area contributed by atoms with Gasteiger partial charge in [0.1, 0.15) is 48.8 Å². The van der Waals surface area contributed by atoms with Crippen LogP contribution in [0.2, 0.25) is 0 Å². The van der Waals surface area contributed by atoms with Gasteiger partial charge in [0.15, 0.2) is 12.6 Å². The van der Waals surface area contributed by atoms with Crippen LogP contribution in [0.5, 0.6) is 0 Å². The van der Waals surface area contributed by atoms with Crippen molar-refractivity contribution in [3.8, 4) is 0 Å². The van der Waals surface area contributed by atoms with E-state index in [0.717, 1.165) is 12.8 Å². The Morgan fingerprint density at radius 2 is 1.24 bits per heavy atom. The Kier molecular flexibility index (Phi) is 9.64. The Morgan fingerprint density at radius 3 is 1.79 bits per heavy atom. The van der Waals surface area contributed by atoms with Gasteiger partial charge < -0.3 is 54.7 Å². The van der Waals surface area contributed by atoms with Gasteiger partial charge in [-0.05, 0) is 18.8 Å². The minimum Gasteiger partial charge on any atom is -0.394 e. The van der Waals surface area contributed by atoms with E-state index in [-0.39, 0.29) is 6.61 Å². The van der Waals surface area contributed by atoms with Crippen LogP contribution in [0.3, 0.4) is 0 Å². The Hall–Kier alpha value is -0.440. The van der Waals surface area contributed by atoms with E-state index >= 15 is 0 Å². The molecule has 10 atom stereocenters. The molecule has 2 fully saturated rings. The number of ether oxygens (including phenoxy) is 4. The first-order valence-corrected chi connectivity index (χ1v) is 9.90. The lowest BCUT2D eigenvalue weighted by Crippen LogP contribution is -2.61. The summed E-state index contributed by atoms with van der Waals surface area (Å²) in [6.07, 6.45) is -12.4. The van der Waals surface area contributed by atoms with Crippen molar-refractivity contribution in [2.75, 3.05) is 19.8 Å². The highest BCUT2D eigenvalue weighted by Crippen LogP contribution is 2.26. The van der Waals surface area contributed by atoms with Crippen LogP contribution in [-0.4, -0.2) is 117 Å². The van der Waals surface area contributed by atoms with Gasteiger partial charge in [0.05, 0.1) is 13.2 Å². The SMILES string of the molecule is CC(C)CCCO[C@@H]1O[C@H](CO[C@@H]2O[C@H](CO)[C@@H](O)[C@H](O)[C@H]2O)[C@@H](O)[C@H](O)[C@H]1O.